The summed E-state index contributed by atoms with van der Waals surface area (Å²) >= 11 is 0. The van der Waals surface area contributed by atoms with Crippen molar-refractivity contribution in [3.8, 4) is 0 Å². The minimum Gasteiger partial charge on any atom is -0.324 e. The van der Waals surface area contributed by atoms with Crippen molar-refractivity contribution in [3.63, 3.8) is 0 Å². The minimum absolute atomic E-state index is 0.323. The van der Waals surface area contributed by atoms with E-state index in [0.29, 0.717) is 12.8 Å². The Morgan fingerprint density at radius 2 is 1.00 bits per heavy atom. The summed E-state index contributed by atoms with van der Waals surface area (Å²) in [5, 5.41) is 0. The van der Waals surface area contributed by atoms with Crippen molar-refractivity contribution in [2.24, 2.45) is 0 Å². The van der Waals surface area contributed by atoms with Gasteiger partial charge in [0.25, 0.3) is 0 Å². The smallest absolute Gasteiger partial charge is 0.324 e. The predicted octanol–water partition coefficient (Wildman–Crippen LogP) is 9.59. The first-order chi connectivity index (χ1) is 14.6. The Bertz CT molecular complexity index is 409. The summed E-state index contributed by atoms with van der Waals surface area (Å²) in [5.41, 5.74) is 0. The van der Waals surface area contributed by atoms with Crippen LogP contribution in [0.5, 0.6) is 0 Å². The van der Waals surface area contributed by atoms with Crippen LogP contribution in [0.15, 0.2) is 12.2 Å². The van der Waals surface area contributed by atoms with Gasteiger partial charge in [-0.2, -0.15) is 0 Å². The Labute approximate surface area is 189 Å². The summed E-state index contributed by atoms with van der Waals surface area (Å²) in [6, 6.07) is 0. The summed E-state index contributed by atoms with van der Waals surface area (Å²) in [4.78, 5) is 9.90. The highest BCUT2D eigenvalue weighted by Crippen LogP contribution is 2.43. The van der Waals surface area contributed by atoms with Crippen LogP contribution >= 0.6 is 7.60 Å². The molecule has 1 N–H and O–H groups in total. The van der Waals surface area contributed by atoms with Crippen LogP contribution in [0.2, 0.25) is 0 Å². The lowest BCUT2D eigenvalue weighted by Crippen LogP contribution is -1.97. The summed E-state index contributed by atoms with van der Waals surface area (Å²) in [5.74, 6) is 0. The van der Waals surface area contributed by atoms with Gasteiger partial charge in [0.1, 0.15) is 0 Å². The van der Waals surface area contributed by atoms with Gasteiger partial charge in [0.05, 0.1) is 6.61 Å². The number of hydrogen-bond acceptors (Lipinski definition) is 2. The zero-order chi connectivity index (χ0) is 22.2. The van der Waals surface area contributed by atoms with Crippen LogP contribution in [0, 0.1) is 0 Å². The van der Waals surface area contributed by atoms with E-state index in [0.717, 1.165) is 25.7 Å². The van der Waals surface area contributed by atoms with Gasteiger partial charge in [-0.15, -0.1) is 0 Å². The van der Waals surface area contributed by atoms with Gasteiger partial charge in [-0.25, -0.2) is 0 Å². The Morgan fingerprint density at radius 3 is 1.50 bits per heavy atom. The molecule has 0 aliphatic rings. The third-order valence-electron chi connectivity index (χ3n) is 5.74. The molecule has 0 rings (SSSR count). The van der Waals surface area contributed by atoms with E-state index in [1.807, 2.05) is 0 Å². The maximum Gasteiger partial charge on any atom is 0.328 e. The summed E-state index contributed by atoms with van der Waals surface area (Å²) in [7, 11) is -3.35. The molecule has 1 unspecified atom stereocenters. The Morgan fingerprint density at radius 1 is 0.600 bits per heavy atom. The Kier molecular flexibility index (Phi) is 23.5. The maximum absolute atomic E-state index is 12.0. The highest BCUT2D eigenvalue weighted by Gasteiger charge is 2.17. The highest BCUT2D eigenvalue weighted by atomic mass is 31.2. The molecule has 0 aromatic heterocycles. The zero-order valence-electron chi connectivity index (χ0n) is 20.4. The fraction of sp³-hybridized carbons (Fsp3) is 0.923. The first-order valence-corrected chi connectivity index (χ1v) is 15.0. The average molecular weight is 445 g/mol. The summed E-state index contributed by atoms with van der Waals surface area (Å²) < 4.78 is 17.3. The van der Waals surface area contributed by atoms with Crippen molar-refractivity contribution >= 4 is 7.60 Å². The van der Waals surface area contributed by atoms with Gasteiger partial charge in [0, 0.05) is 6.16 Å². The van der Waals surface area contributed by atoms with Crippen LogP contribution in [0.25, 0.3) is 0 Å². The highest BCUT2D eigenvalue weighted by molar-refractivity contribution is 7.52. The molecule has 1 atom stereocenters. The van der Waals surface area contributed by atoms with Crippen molar-refractivity contribution in [2.45, 2.75) is 142 Å². The van der Waals surface area contributed by atoms with E-state index in [-0.39, 0.29) is 0 Å². The first kappa shape index (κ1) is 29.9. The molecule has 3 nitrogen and oxygen atoms in total. The Balaban J connectivity index is 3.33. The molecule has 30 heavy (non-hydrogen) atoms. The number of allylic oxidation sites excluding steroid dienone is 2. The number of rotatable bonds is 24. The van der Waals surface area contributed by atoms with Crippen LogP contribution < -0.4 is 0 Å². The summed E-state index contributed by atoms with van der Waals surface area (Å²) in [6.07, 6.45) is 29.6. The number of hydrogen-bond donors (Lipinski definition) is 1. The SMILES string of the molecule is CCCCCCCCC=CCCCCCCCCP(=O)(O)OCCCCCCCC. The second-order valence-electron chi connectivity index (χ2n) is 8.90. The predicted molar refractivity (Wildman–Crippen MR) is 133 cm³/mol. The van der Waals surface area contributed by atoms with Gasteiger partial charge in [0.15, 0.2) is 0 Å². The van der Waals surface area contributed by atoms with Crippen LogP contribution in [-0.2, 0) is 9.09 Å². The van der Waals surface area contributed by atoms with Crippen LogP contribution in [0.4, 0.5) is 0 Å². The van der Waals surface area contributed by atoms with Crippen molar-refractivity contribution in [3.05, 3.63) is 12.2 Å². The topological polar surface area (TPSA) is 46.5 Å². The standard InChI is InChI=1S/C26H53O3P/c1-3-5-7-9-11-12-13-14-15-16-17-18-19-20-22-24-26-30(27,28)29-25-23-21-10-8-6-4-2/h14-15H,3-13,16-26H2,1-2H3,(H,27,28). The molecule has 0 amide bonds. The molecule has 0 radical (unpaired) electrons. The second-order valence-corrected chi connectivity index (χ2v) is 10.9. The van der Waals surface area contributed by atoms with E-state index in [1.54, 1.807) is 0 Å². The summed E-state index contributed by atoms with van der Waals surface area (Å²) in [6.45, 7) is 4.91. The van der Waals surface area contributed by atoms with Crippen LogP contribution in [-0.4, -0.2) is 17.7 Å². The fourth-order valence-corrected chi connectivity index (χ4v) is 4.88. The van der Waals surface area contributed by atoms with Crippen molar-refractivity contribution in [1.29, 1.82) is 0 Å². The fourth-order valence-electron chi connectivity index (χ4n) is 3.71. The Hall–Kier alpha value is -0.110. The maximum atomic E-state index is 12.0. The molecule has 0 saturated heterocycles. The molecule has 0 aromatic rings. The molecule has 0 aliphatic carbocycles. The van der Waals surface area contributed by atoms with Gasteiger partial charge in [-0.3, -0.25) is 4.57 Å². The quantitative estimate of drug-likeness (QED) is 0.0915. The molecule has 0 bridgehead atoms. The van der Waals surface area contributed by atoms with Gasteiger partial charge in [0.2, 0.25) is 0 Å². The average Bonchev–Trinajstić information content (AvgIpc) is 2.72. The molecular weight excluding hydrogens is 391 g/mol. The molecule has 0 spiro atoms. The van der Waals surface area contributed by atoms with Crippen molar-refractivity contribution in [1.82, 2.24) is 0 Å². The van der Waals surface area contributed by atoms with Crippen LogP contribution in [0.3, 0.4) is 0 Å². The first-order valence-electron chi connectivity index (χ1n) is 13.2. The van der Waals surface area contributed by atoms with Crippen LogP contribution in [0.1, 0.15) is 142 Å². The normalized spacial score (nSPS) is 13.8. The van der Waals surface area contributed by atoms with E-state index in [1.165, 1.54) is 103 Å². The minimum atomic E-state index is -3.35. The molecule has 0 fully saturated rings. The molecule has 0 heterocycles. The third-order valence-corrected chi connectivity index (χ3v) is 7.21. The van der Waals surface area contributed by atoms with Crippen molar-refractivity contribution < 1.29 is 14.0 Å². The monoisotopic (exact) mass is 444 g/mol. The second kappa shape index (κ2) is 23.6. The van der Waals surface area contributed by atoms with Gasteiger partial charge < -0.3 is 9.42 Å². The molecule has 0 aliphatic heterocycles. The molecule has 4 heteroatoms. The zero-order valence-corrected chi connectivity index (χ0v) is 21.3. The lowest BCUT2D eigenvalue weighted by atomic mass is 10.1. The van der Waals surface area contributed by atoms with E-state index < -0.39 is 7.60 Å². The lowest BCUT2D eigenvalue weighted by molar-refractivity contribution is 0.252. The number of unbranched alkanes of at least 4 members (excludes halogenated alkanes) is 17. The van der Waals surface area contributed by atoms with Gasteiger partial charge in [-0.1, -0.05) is 116 Å². The molecule has 0 saturated carbocycles. The molecule has 0 aromatic carbocycles. The third kappa shape index (κ3) is 24.2. The molecular formula is C26H53O3P. The molecule has 180 valence electrons. The van der Waals surface area contributed by atoms with E-state index in [9.17, 15) is 9.46 Å². The van der Waals surface area contributed by atoms with E-state index >= 15 is 0 Å². The largest absolute Gasteiger partial charge is 0.328 e. The lowest BCUT2D eigenvalue weighted by Gasteiger charge is -2.12. The van der Waals surface area contributed by atoms with Gasteiger partial charge in [-0.05, 0) is 38.5 Å². The van der Waals surface area contributed by atoms with Gasteiger partial charge >= 0.3 is 7.60 Å². The van der Waals surface area contributed by atoms with E-state index in [4.69, 9.17) is 4.52 Å². The van der Waals surface area contributed by atoms with Crippen molar-refractivity contribution in [2.75, 3.05) is 12.8 Å². The van der Waals surface area contributed by atoms with E-state index in [2.05, 4.69) is 26.0 Å².